The number of anilines is 1. The topological polar surface area (TPSA) is 128 Å². The monoisotopic (exact) mass is 513 g/mol. The van der Waals surface area contributed by atoms with Crippen LogP contribution in [0, 0.1) is 6.92 Å². The van der Waals surface area contributed by atoms with Crippen molar-refractivity contribution in [2.75, 3.05) is 11.9 Å². The van der Waals surface area contributed by atoms with Crippen LogP contribution in [0.15, 0.2) is 48.5 Å². The summed E-state index contributed by atoms with van der Waals surface area (Å²) in [5.41, 5.74) is 0.0737. The van der Waals surface area contributed by atoms with Crippen molar-refractivity contribution in [3.63, 3.8) is 0 Å². The van der Waals surface area contributed by atoms with Crippen LogP contribution in [0.3, 0.4) is 0 Å². The molecule has 0 bridgehead atoms. The van der Waals surface area contributed by atoms with Crippen molar-refractivity contribution in [1.29, 1.82) is 0 Å². The standard InChI is InChI=1S/C28H39N3O6/c1-8-28(6,7)31(25(35)22(17-32)30-26(36)37-27(3,4)5)23(19-13-11-14-20(33)16-19)24(34)29-21-15-10-9-12-18(21)2/h9-16,22-23,32-33H,8,17H2,1-7H3,(H,29,34)(H,30,36). The van der Waals surface area contributed by atoms with Crippen molar-refractivity contribution >= 4 is 23.6 Å². The van der Waals surface area contributed by atoms with Gasteiger partial charge in [0.1, 0.15) is 23.4 Å². The Morgan fingerprint density at radius 3 is 2.22 bits per heavy atom. The van der Waals surface area contributed by atoms with E-state index in [0.717, 1.165) is 5.56 Å². The minimum atomic E-state index is -1.37. The molecule has 9 heteroatoms. The molecule has 0 saturated heterocycles. The van der Waals surface area contributed by atoms with Gasteiger partial charge < -0.3 is 30.5 Å². The number of aromatic hydroxyl groups is 1. The lowest BCUT2D eigenvalue weighted by molar-refractivity contribution is -0.148. The molecule has 0 fully saturated rings. The highest BCUT2D eigenvalue weighted by Crippen LogP contribution is 2.34. The molecule has 2 aromatic rings. The summed E-state index contributed by atoms with van der Waals surface area (Å²) in [5, 5.41) is 25.6. The number of hydrogen-bond acceptors (Lipinski definition) is 6. The van der Waals surface area contributed by atoms with Gasteiger partial charge in [-0.15, -0.1) is 0 Å². The molecule has 0 radical (unpaired) electrons. The van der Waals surface area contributed by atoms with Crippen molar-refractivity contribution in [1.82, 2.24) is 10.2 Å². The Labute approximate surface area is 218 Å². The summed E-state index contributed by atoms with van der Waals surface area (Å²) in [6, 6.07) is 10.8. The Hall–Kier alpha value is -3.59. The molecule has 9 nitrogen and oxygen atoms in total. The van der Waals surface area contributed by atoms with Crippen LogP contribution < -0.4 is 10.6 Å². The van der Waals surface area contributed by atoms with Crippen LogP contribution in [-0.4, -0.2) is 56.8 Å². The zero-order valence-corrected chi connectivity index (χ0v) is 22.7. The molecule has 4 N–H and O–H groups in total. The number of alkyl carbamates (subject to hydrolysis) is 1. The molecule has 2 atom stereocenters. The van der Waals surface area contributed by atoms with Crippen molar-refractivity contribution < 1.29 is 29.3 Å². The van der Waals surface area contributed by atoms with Crippen LogP contribution in [0.25, 0.3) is 0 Å². The molecule has 0 heterocycles. The number of aryl methyl sites for hydroxylation is 1. The fourth-order valence-corrected chi connectivity index (χ4v) is 3.78. The predicted octanol–water partition coefficient (Wildman–Crippen LogP) is 4.28. The molecule has 202 valence electrons. The second-order valence-electron chi connectivity index (χ2n) is 10.6. The van der Waals surface area contributed by atoms with Crippen molar-refractivity contribution in [2.24, 2.45) is 0 Å². The number of ether oxygens (including phenoxy) is 1. The van der Waals surface area contributed by atoms with Gasteiger partial charge in [0, 0.05) is 11.2 Å². The number of rotatable bonds is 9. The summed E-state index contributed by atoms with van der Waals surface area (Å²) in [7, 11) is 0. The van der Waals surface area contributed by atoms with Gasteiger partial charge in [0.25, 0.3) is 5.91 Å². The van der Waals surface area contributed by atoms with Gasteiger partial charge in [0.05, 0.1) is 6.61 Å². The van der Waals surface area contributed by atoms with Gasteiger partial charge in [-0.3, -0.25) is 9.59 Å². The van der Waals surface area contributed by atoms with E-state index >= 15 is 0 Å². The third kappa shape index (κ3) is 7.95. The van der Waals surface area contributed by atoms with Crippen LogP contribution in [0.5, 0.6) is 5.75 Å². The maximum absolute atomic E-state index is 14.0. The summed E-state index contributed by atoms with van der Waals surface area (Å²) in [5.74, 6) is -1.25. The Balaban J connectivity index is 2.59. The predicted molar refractivity (Wildman–Crippen MR) is 142 cm³/mol. The number of hydrogen-bond donors (Lipinski definition) is 4. The Kier molecular flexibility index (Phi) is 9.69. The summed E-state index contributed by atoms with van der Waals surface area (Å²) in [6.45, 7) is 11.7. The molecule has 2 unspecified atom stereocenters. The second-order valence-corrected chi connectivity index (χ2v) is 10.6. The lowest BCUT2D eigenvalue weighted by atomic mass is 9.92. The molecule has 0 spiro atoms. The van der Waals surface area contributed by atoms with Gasteiger partial charge in [-0.1, -0.05) is 37.3 Å². The van der Waals surface area contributed by atoms with Crippen molar-refractivity contribution in [2.45, 2.75) is 78.1 Å². The zero-order valence-electron chi connectivity index (χ0n) is 22.7. The van der Waals surface area contributed by atoms with E-state index < -0.39 is 47.7 Å². The quantitative estimate of drug-likeness (QED) is 0.396. The van der Waals surface area contributed by atoms with Gasteiger partial charge in [-0.25, -0.2) is 4.79 Å². The molecule has 2 aromatic carbocycles. The first-order chi connectivity index (χ1) is 17.2. The number of para-hydroxylation sites is 1. The minimum Gasteiger partial charge on any atom is -0.508 e. The fourth-order valence-electron chi connectivity index (χ4n) is 3.78. The summed E-state index contributed by atoms with van der Waals surface area (Å²) < 4.78 is 5.27. The molecular formula is C28H39N3O6. The lowest BCUT2D eigenvalue weighted by Gasteiger charge is -2.44. The van der Waals surface area contributed by atoms with Gasteiger partial charge in [-0.2, -0.15) is 0 Å². The number of phenols is 1. The second kappa shape index (κ2) is 12.1. The smallest absolute Gasteiger partial charge is 0.408 e. The van der Waals surface area contributed by atoms with Gasteiger partial charge in [-0.05, 0) is 77.3 Å². The number of amides is 3. The van der Waals surface area contributed by atoms with Crippen LogP contribution >= 0.6 is 0 Å². The highest BCUT2D eigenvalue weighted by molar-refractivity contribution is 5.99. The highest BCUT2D eigenvalue weighted by Gasteiger charge is 2.43. The van der Waals surface area contributed by atoms with Crippen LogP contribution in [0.1, 0.15) is 65.1 Å². The SMILES string of the molecule is CCC(C)(C)N(C(=O)C(CO)NC(=O)OC(C)(C)C)C(C(=O)Nc1ccccc1C)c1cccc(O)c1. The first-order valence-corrected chi connectivity index (χ1v) is 12.3. The zero-order chi connectivity index (χ0) is 28.0. The van der Waals surface area contributed by atoms with Gasteiger partial charge in [0.2, 0.25) is 5.91 Å². The summed E-state index contributed by atoms with van der Waals surface area (Å²) in [6.07, 6.45) is -0.413. The largest absolute Gasteiger partial charge is 0.508 e. The molecule has 37 heavy (non-hydrogen) atoms. The third-order valence-corrected chi connectivity index (χ3v) is 6.02. The summed E-state index contributed by atoms with van der Waals surface area (Å²) in [4.78, 5) is 41.6. The molecular weight excluding hydrogens is 474 g/mol. The molecule has 0 saturated carbocycles. The minimum absolute atomic E-state index is 0.0708. The first-order valence-electron chi connectivity index (χ1n) is 12.3. The lowest BCUT2D eigenvalue weighted by Crippen LogP contribution is -2.59. The van der Waals surface area contributed by atoms with E-state index in [1.165, 1.54) is 17.0 Å². The maximum atomic E-state index is 14.0. The van der Waals surface area contributed by atoms with E-state index in [0.29, 0.717) is 17.7 Å². The average molecular weight is 514 g/mol. The molecule has 0 aliphatic rings. The van der Waals surface area contributed by atoms with Gasteiger partial charge >= 0.3 is 6.09 Å². The Morgan fingerprint density at radius 2 is 1.68 bits per heavy atom. The Bertz CT molecular complexity index is 1110. The summed E-state index contributed by atoms with van der Waals surface area (Å²) >= 11 is 0. The van der Waals surface area contributed by atoms with E-state index in [2.05, 4.69) is 10.6 Å². The molecule has 2 rings (SSSR count). The van der Waals surface area contributed by atoms with Crippen molar-refractivity contribution in [3.05, 3.63) is 59.7 Å². The van der Waals surface area contributed by atoms with Gasteiger partial charge in [0.15, 0.2) is 0 Å². The van der Waals surface area contributed by atoms with E-state index in [1.54, 1.807) is 58.9 Å². The Morgan fingerprint density at radius 1 is 1.03 bits per heavy atom. The molecule has 0 aliphatic heterocycles. The van der Waals surface area contributed by atoms with Crippen LogP contribution in [0.4, 0.5) is 10.5 Å². The van der Waals surface area contributed by atoms with Crippen LogP contribution in [0.2, 0.25) is 0 Å². The maximum Gasteiger partial charge on any atom is 0.408 e. The van der Waals surface area contributed by atoms with Crippen LogP contribution in [-0.2, 0) is 14.3 Å². The fraction of sp³-hybridized carbons (Fsp3) is 0.464. The first kappa shape index (κ1) is 29.6. The number of benzene rings is 2. The van der Waals surface area contributed by atoms with E-state index in [4.69, 9.17) is 4.74 Å². The van der Waals surface area contributed by atoms with E-state index in [9.17, 15) is 24.6 Å². The highest BCUT2D eigenvalue weighted by atomic mass is 16.6. The van der Waals surface area contributed by atoms with E-state index in [-0.39, 0.29) is 5.75 Å². The number of nitrogens with one attached hydrogen (secondary N) is 2. The third-order valence-electron chi connectivity index (χ3n) is 6.02. The van der Waals surface area contributed by atoms with E-state index in [1.807, 2.05) is 26.0 Å². The number of aliphatic hydroxyl groups excluding tert-OH is 1. The number of aliphatic hydroxyl groups is 1. The molecule has 0 aromatic heterocycles. The number of carbonyl (C=O) groups is 3. The molecule has 0 aliphatic carbocycles. The number of phenolic OH excluding ortho intramolecular Hbond substituents is 1. The number of nitrogens with zero attached hydrogens (tertiary/aromatic N) is 1. The molecule has 3 amide bonds. The normalized spacial score (nSPS) is 13.3. The number of carbonyl (C=O) groups excluding carboxylic acids is 3. The average Bonchev–Trinajstić information content (AvgIpc) is 2.80. The van der Waals surface area contributed by atoms with Crippen molar-refractivity contribution in [3.8, 4) is 5.75 Å².